The van der Waals surface area contributed by atoms with E-state index in [-0.39, 0.29) is 0 Å². The Labute approximate surface area is 100 Å². The third kappa shape index (κ3) is 2.64. The molecule has 0 amide bonds. The number of rotatable bonds is 6. The molecule has 2 aromatic rings. The first-order chi connectivity index (χ1) is 8.35. The second-order valence-corrected chi connectivity index (χ2v) is 3.81. The highest BCUT2D eigenvalue weighted by Gasteiger charge is 2.08. The number of aromatic nitrogens is 4. The summed E-state index contributed by atoms with van der Waals surface area (Å²) in [5.74, 6) is 1.43. The Morgan fingerprint density at radius 2 is 2.12 bits per heavy atom. The standard InChI is InChI=1S/C11H18N6/c1-3-5-6-13-9-8-10(15-7-14-8)17-11(16-9)12-4-2/h7H,3-6H2,1-2H3,(H3,12,13,14,15,16,17). The molecule has 0 saturated heterocycles. The fourth-order valence-electron chi connectivity index (χ4n) is 1.58. The van der Waals surface area contributed by atoms with E-state index in [4.69, 9.17) is 0 Å². The number of nitrogens with zero attached hydrogens (tertiary/aromatic N) is 3. The quantitative estimate of drug-likeness (QED) is 0.666. The lowest BCUT2D eigenvalue weighted by Crippen LogP contribution is -2.08. The van der Waals surface area contributed by atoms with Gasteiger partial charge in [0, 0.05) is 13.1 Å². The van der Waals surface area contributed by atoms with Crippen molar-refractivity contribution < 1.29 is 0 Å². The van der Waals surface area contributed by atoms with Crippen molar-refractivity contribution in [2.45, 2.75) is 26.7 Å². The van der Waals surface area contributed by atoms with Crippen molar-refractivity contribution in [3.8, 4) is 0 Å². The summed E-state index contributed by atoms with van der Waals surface area (Å²) in [5.41, 5.74) is 1.55. The Kier molecular flexibility index (Phi) is 3.74. The molecule has 0 radical (unpaired) electrons. The van der Waals surface area contributed by atoms with Crippen LogP contribution < -0.4 is 10.6 Å². The number of hydrogen-bond donors (Lipinski definition) is 3. The second kappa shape index (κ2) is 5.47. The number of hydrogen-bond acceptors (Lipinski definition) is 5. The highest BCUT2D eigenvalue weighted by atomic mass is 15.2. The Morgan fingerprint density at radius 1 is 1.24 bits per heavy atom. The maximum Gasteiger partial charge on any atom is 0.226 e. The minimum Gasteiger partial charge on any atom is -0.368 e. The van der Waals surface area contributed by atoms with E-state index in [1.807, 2.05) is 6.92 Å². The average Bonchev–Trinajstić information content (AvgIpc) is 2.78. The van der Waals surface area contributed by atoms with Gasteiger partial charge in [-0.15, -0.1) is 0 Å². The third-order valence-electron chi connectivity index (χ3n) is 2.44. The first-order valence-electron chi connectivity index (χ1n) is 6.04. The van der Waals surface area contributed by atoms with Crippen LogP contribution in [-0.4, -0.2) is 33.0 Å². The first-order valence-corrected chi connectivity index (χ1v) is 6.04. The summed E-state index contributed by atoms with van der Waals surface area (Å²) in [5, 5.41) is 6.42. The van der Waals surface area contributed by atoms with Crippen molar-refractivity contribution in [2.24, 2.45) is 0 Å². The van der Waals surface area contributed by atoms with E-state index in [1.165, 1.54) is 0 Å². The van der Waals surface area contributed by atoms with Crippen molar-refractivity contribution in [3.63, 3.8) is 0 Å². The molecule has 0 spiro atoms. The molecule has 0 fully saturated rings. The first kappa shape index (κ1) is 11.6. The molecule has 0 saturated carbocycles. The summed E-state index contributed by atoms with van der Waals surface area (Å²) in [6.07, 6.45) is 3.92. The zero-order chi connectivity index (χ0) is 12.1. The molecule has 0 atom stereocenters. The number of fused-ring (bicyclic) bond motifs is 1. The van der Waals surface area contributed by atoms with E-state index in [9.17, 15) is 0 Å². The molecule has 0 bridgehead atoms. The maximum atomic E-state index is 4.43. The lowest BCUT2D eigenvalue weighted by molar-refractivity contribution is 0.831. The Bertz CT molecular complexity index is 478. The van der Waals surface area contributed by atoms with Gasteiger partial charge in [-0.25, -0.2) is 4.98 Å². The van der Waals surface area contributed by atoms with Gasteiger partial charge in [0.15, 0.2) is 11.5 Å². The van der Waals surface area contributed by atoms with Gasteiger partial charge in [-0.05, 0) is 13.3 Å². The number of H-pyrrole nitrogens is 1. The van der Waals surface area contributed by atoms with Crippen LogP contribution in [0.15, 0.2) is 6.33 Å². The van der Waals surface area contributed by atoms with Gasteiger partial charge in [0.1, 0.15) is 5.52 Å². The van der Waals surface area contributed by atoms with Crippen LogP contribution in [-0.2, 0) is 0 Å². The third-order valence-corrected chi connectivity index (χ3v) is 2.44. The van der Waals surface area contributed by atoms with E-state index in [1.54, 1.807) is 6.33 Å². The molecule has 6 heteroatoms. The number of aromatic amines is 1. The molecule has 0 unspecified atom stereocenters. The fraction of sp³-hybridized carbons (Fsp3) is 0.545. The summed E-state index contributed by atoms with van der Waals surface area (Å²) in [7, 11) is 0. The van der Waals surface area contributed by atoms with E-state index < -0.39 is 0 Å². The van der Waals surface area contributed by atoms with Crippen LogP contribution >= 0.6 is 0 Å². The summed E-state index contributed by atoms with van der Waals surface area (Å²) in [4.78, 5) is 16.0. The monoisotopic (exact) mass is 234 g/mol. The molecule has 92 valence electrons. The average molecular weight is 234 g/mol. The largest absolute Gasteiger partial charge is 0.368 e. The molecular weight excluding hydrogens is 216 g/mol. The zero-order valence-electron chi connectivity index (χ0n) is 10.2. The summed E-state index contributed by atoms with van der Waals surface area (Å²) in [6, 6.07) is 0. The van der Waals surface area contributed by atoms with Gasteiger partial charge in [-0.1, -0.05) is 13.3 Å². The van der Waals surface area contributed by atoms with Crippen LogP contribution in [0.5, 0.6) is 0 Å². The molecule has 6 nitrogen and oxygen atoms in total. The lowest BCUT2D eigenvalue weighted by atomic mass is 10.3. The van der Waals surface area contributed by atoms with Gasteiger partial charge in [0.05, 0.1) is 6.33 Å². The van der Waals surface area contributed by atoms with Crippen LogP contribution in [0.4, 0.5) is 11.8 Å². The van der Waals surface area contributed by atoms with Crippen LogP contribution in [0.1, 0.15) is 26.7 Å². The Balaban J connectivity index is 2.26. The fourth-order valence-corrected chi connectivity index (χ4v) is 1.58. The van der Waals surface area contributed by atoms with E-state index in [0.29, 0.717) is 11.6 Å². The van der Waals surface area contributed by atoms with Crippen LogP contribution in [0.25, 0.3) is 11.2 Å². The van der Waals surface area contributed by atoms with Gasteiger partial charge in [-0.2, -0.15) is 9.97 Å². The number of unbranched alkanes of at least 4 members (excludes halogenated alkanes) is 1. The molecule has 2 heterocycles. The lowest BCUT2D eigenvalue weighted by Gasteiger charge is -2.07. The zero-order valence-corrected chi connectivity index (χ0v) is 10.2. The van der Waals surface area contributed by atoms with Gasteiger partial charge in [0.2, 0.25) is 5.95 Å². The van der Waals surface area contributed by atoms with Gasteiger partial charge in [0.25, 0.3) is 0 Å². The SMILES string of the molecule is CCCCNc1nc(NCC)nc2nc[nH]c12. The Hall–Kier alpha value is -1.85. The molecular formula is C11H18N6. The number of anilines is 2. The van der Waals surface area contributed by atoms with Crippen molar-refractivity contribution >= 4 is 22.9 Å². The van der Waals surface area contributed by atoms with E-state index in [0.717, 1.165) is 37.3 Å². The minimum absolute atomic E-state index is 0.617. The van der Waals surface area contributed by atoms with Crippen LogP contribution in [0.2, 0.25) is 0 Å². The van der Waals surface area contributed by atoms with Crippen LogP contribution in [0.3, 0.4) is 0 Å². The maximum absolute atomic E-state index is 4.43. The molecule has 0 aliphatic rings. The summed E-state index contributed by atoms with van der Waals surface area (Å²) in [6.45, 7) is 5.89. The van der Waals surface area contributed by atoms with E-state index >= 15 is 0 Å². The van der Waals surface area contributed by atoms with Crippen molar-refractivity contribution in [2.75, 3.05) is 23.7 Å². The molecule has 0 aromatic carbocycles. The van der Waals surface area contributed by atoms with Gasteiger partial charge >= 0.3 is 0 Å². The van der Waals surface area contributed by atoms with Gasteiger partial charge < -0.3 is 15.6 Å². The predicted molar refractivity (Wildman–Crippen MR) is 69.2 cm³/mol. The summed E-state index contributed by atoms with van der Waals surface area (Å²) < 4.78 is 0. The topological polar surface area (TPSA) is 78.5 Å². The molecule has 3 N–H and O–H groups in total. The molecule has 0 aliphatic heterocycles. The highest BCUT2D eigenvalue weighted by Crippen LogP contribution is 2.18. The van der Waals surface area contributed by atoms with Crippen LogP contribution in [0, 0.1) is 0 Å². The van der Waals surface area contributed by atoms with Crippen molar-refractivity contribution in [1.82, 2.24) is 19.9 Å². The number of nitrogens with one attached hydrogen (secondary N) is 3. The second-order valence-electron chi connectivity index (χ2n) is 3.81. The molecule has 0 aliphatic carbocycles. The van der Waals surface area contributed by atoms with Crippen molar-refractivity contribution in [3.05, 3.63) is 6.33 Å². The highest BCUT2D eigenvalue weighted by molar-refractivity contribution is 5.83. The predicted octanol–water partition coefficient (Wildman–Crippen LogP) is 2.00. The molecule has 17 heavy (non-hydrogen) atoms. The molecule has 2 aromatic heterocycles. The van der Waals surface area contributed by atoms with E-state index in [2.05, 4.69) is 37.5 Å². The number of imidazole rings is 1. The smallest absolute Gasteiger partial charge is 0.226 e. The van der Waals surface area contributed by atoms with Crippen molar-refractivity contribution in [1.29, 1.82) is 0 Å². The minimum atomic E-state index is 0.617. The summed E-state index contributed by atoms with van der Waals surface area (Å²) >= 11 is 0. The normalized spacial score (nSPS) is 10.7. The Morgan fingerprint density at radius 3 is 2.88 bits per heavy atom. The molecule has 2 rings (SSSR count). The van der Waals surface area contributed by atoms with Gasteiger partial charge in [-0.3, -0.25) is 0 Å².